The molecule has 148 valence electrons. The molecule has 0 heterocycles. The molecule has 0 aromatic heterocycles. The minimum atomic E-state index is -2.65. The highest BCUT2D eigenvalue weighted by Crippen LogP contribution is 2.79. The third-order valence-electron chi connectivity index (χ3n) is 2.75. The number of hydrogen-bond donors (Lipinski definition) is 1. The van der Waals surface area contributed by atoms with Gasteiger partial charge in [0.05, 0.1) is 60.0 Å². The van der Waals surface area contributed by atoms with E-state index < -0.39 is 3.64 Å². The molecule has 0 aliphatic carbocycles. The summed E-state index contributed by atoms with van der Waals surface area (Å²) in [5.41, 5.74) is 0. The Bertz CT molecular complexity index is 862. The lowest BCUT2D eigenvalue weighted by molar-refractivity contribution is 1.47. The Kier molecular flexibility index (Phi) is 10.0. The van der Waals surface area contributed by atoms with Crippen LogP contribution in [0, 0.1) is 0 Å². The van der Waals surface area contributed by atoms with Gasteiger partial charge in [-0.05, 0) is 0 Å². The van der Waals surface area contributed by atoms with Gasteiger partial charge < -0.3 is 0 Å². The summed E-state index contributed by atoms with van der Waals surface area (Å²) in [6.07, 6.45) is 0. The molecule has 2 rings (SSSR count). The van der Waals surface area contributed by atoms with Crippen molar-refractivity contribution in [2.45, 2.75) is 9.79 Å². The number of benzene rings is 2. The number of halogens is 10. The molecule has 0 saturated carbocycles. The highest BCUT2D eigenvalue weighted by atomic mass is 35.5. The largest absolute Gasteiger partial charge is 0.121 e. The first-order chi connectivity index (χ1) is 12.3. The molecular formula is C12HCl10PS4. The molecule has 0 spiro atoms. The van der Waals surface area contributed by atoms with Gasteiger partial charge in [-0.2, -0.15) is 0 Å². The molecule has 0 aliphatic heterocycles. The smallest absolute Gasteiger partial charge is 0.115 e. The predicted molar refractivity (Wildman–Crippen MR) is 138 cm³/mol. The van der Waals surface area contributed by atoms with E-state index in [0.29, 0.717) is 9.79 Å². The Hall–Kier alpha value is 3.04. The highest BCUT2D eigenvalue weighted by Gasteiger charge is 2.28. The summed E-state index contributed by atoms with van der Waals surface area (Å²) in [6, 6.07) is 0. The van der Waals surface area contributed by atoms with Gasteiger partial charge in [-0.3, -0.25) is 0 Å². The minimum absolute atomic E-state index is 0.0418. The van der Waals surface area contributed by atoms with Gasteiger partial charge in [0.2, 0.25) is 0 Å². The molecule has 2 aromatic carbocycles. The van der Waals surface area contributed by atoms with Crippen LogP contribution in [0.2, 0.25) is 50.2 Å². The van der Waals surface area contributed by atoms with Crippen molar-refractivity contribution in [3.8, 4) is 0 Å². The van der Waals surface area contributed by atoms with Crippen molar-refractivity contribution in [2.24, 2.45) is 0 Å². The van der Waals surface area contributed by atoms with Gasteiger partial charge in [0.1, 0.15) is 3.64 Å². The molecule has 0 unspecified atom stereocenters. The van der Waals surface area contributed by atoms with Crippen molar-refractivity contribution >= 4 is 166 Å². The van der Waals surface area contributed by atoms with Crippen LogP contribution in [0.4, 0.5) is 0 Å². The Morgan fingerprint density at radius 2 is 0.667 bits per heavy atom. The van der Waals surface area contributed by atoms with Gasteiger partial charge in [-0.1, -0.05) is 151 Å². The van der Waals surface area contributed by atoms with Crippen LogP contribution < -0.4 is 0 Å². The summed E-state index contributed by atoms with van der Waals surface area (Å²) >= 11 is 73.7. The first-order valence-electron chi connectivity index (χ1n) is 6.05. The molecule has 2 aromatic rings. The second kappa shape index (κ2) is 10.3. The fraction of sp³-hybridized carbons (Fsp3) is 0. The summed E-state index contributed by atoms with van der Waals surface area (Å²) < 4.78 is -2.65. The summed E-state index contributed by atoms with van der Waals surface area (Å²) in [5, 5.41) is 0.719. The molecule has 27 heavy (non-hydrogen) atoms. The van der Waals surface area contributed by atoms with Crippen molar-refractivity contribution < 1.29 is 0 Å². The second-order valence-corrected chi connectivity index (χ2v) is 22.7. The monoisotopic (exact) mass is 654 g/mol. The van der Waals surface area contributed by atoms with Gasteiger partial charge in [-0.25, -0.2) is 0 Å². The molecule has 15 heteroatoms. The number of hydrogen-bond acceptors (Lipinski definition) is 3. The first kappa shape index (κ1) is 26.3. The van der Waals surface area contributed by atoms with Gasteiger partial charge >= 0.3 is 0 Å². The van der Waals surface area contributed by atoms with Crippen LogP contribution in [0.5, 0.6) is 0 Å². The number of rotatable bonds is 4. The van der Waals surface area contributed by atoms with Gasteiger partial charge in [-0.15, -0.1) is 12.2 Å². The highest BCUT2D eigenvalue weighted by molar-refractivity contribution is 9.20. The Morgan fingerprint density at radius 1 is 0.481 bits per heavy atom. The van der Waals surface area contributed by atoms with Crippen LogP contribution >= 0.6 is 155 Å². The van der Waals surface area contributed by atoms with Crippen LogP contribution in [0.3, 0.4) is 0 Å². The van der Waals surface area contributed by atoms with E-state index in [1.165, 1.54) is 0 Å². The van der Waals surface area contributed by atoms with E-state index >= 15 is 0 Å². The normalized spacial score (nSPS) is 12.0. The summed E-state index contributed by atoms with van der Waals surface area (Å²) in [5.74, 6) is 0. The van der Waals surface area contributed by atoms with Crippen LogP contribution in [0.25, 0.3) is 0 Å². The fourth-order valence-corrected chi connectivity index (χ4v) is 13.5. The zero-order chi connectivity index (χ0) is 20.8. The van der Waals surface area contributed by atoms with E-state index in [2.05, 4.69) is 12.2 Å². The average molecular weight is 659 g/mol. The van der Waals surface area contributed by atoms with Crippen molar-refractivity contribution in [2.75, 3.05) is 0 Å². The van der Waals surface area contributed by atoms with Gasteiger partial charge in [0.15, 0.2) is 0 Å². The van der Waals surface area contributed by atoms with E-state index in [9.17, 15) is 0 Å². The van der Waals surface area contributed by atoms with Crippen LogP contribution in [0.1, 0.15) is 0 Å². The summed E-state index contributed by atoms with van der Waals surface area (Å²) in [6.45, 7) is 0. The maximum Gasteiger partial charge on any atom is 0.115 e. The lowest BCUT2D eigenvalue weighted by Crippen LogP contribution is -1.85. The maximum absolute atomic E-state index is 6.25. The zero-order valence-electron chi connectivity index (χ0n) is 11.9. The predicted octanol–water partition coefficient (Wildman–Crippen LogP) is 12.3. The van der Waals surface area contributed by atoms with E-state index in [-0.39, 0.29) is 50.2 Å². The maximum atomic E-state index is 6.25. The van der Waals surface area contributed by atoms with Crippen molar-refractivity contribution in [3.05, 3.63) is 50.2 Å². The Labute approximate surface area is 223 Å². The number of thiol groups is 1. The second-order valence-electron chi connectivity index (χ2n) is 4.45. The third kappa shape index (κ3) is 5.70. The van der Waals surface area contributed by atoms with E-state index in [1.54, 1.807) is 0 Å². The van der Waals surface area contributed by atoms with Gasteiger partial charge in [0, 0.05) is 0 Å². The molecule has 0 fully saturated rings. The SMILES string of the molecule is S=P(S)(Sc1c(Cl)c(Cl)c(Cl)c(Cl)c1Cl)Sc1c(Cl)c(Cl)c(Cl)c(Cl)c1Cl. The van der Waals surface area contributed by atoms with E-state index in [4.69, 9.17) is 128 Å². The third-order valence-corrected chi connectivity index (χ3v) is 16.0. The fourth-order valence-electron chi connectivity index (χ4n) is 1.58. The molecule has 0 bridgehead atoms. The van der Waals surface area contributed by atoms with Gasteiger partial charge in [0.25, 0.3) is 0 Å². The lowest BCUT2D eigenvalue weighted by atomic mass is 10.3. The van der Waals surface area contributed by atoms with Crippen LogP contribution in [-0.2, 0) is 11.8 Å². The average Bonchev–Trinajstić information content (AvgIpc) is 2.62. The Balaban J connectivity index is 2.51. The molecule has 0 saturated heterocycles. The molecule has 0 amide bonds. The Morgan fingerprint density at radius 3 is 0.889 bits per heavy atom. The molecule has 0 N–H and O–H groups in total. The van der Waals surface area contributed by atoms with E-state index in [0.717, 1.165) is 22.8 Å². The summed E-state index contributed by atoms with van der Waals surface area (Å²) in [7, 11) is 0. The quantitative estimate of drug-likeness (QED) is 0.150. The molecule has 0 aliphatic rings. The van der Waals surface area contributed by atoms with E-state index in [1.807, 2.05) is 0 Å². The van der Waals surface area contributed by atoms with Crippen molar-refractivity contribution in [1.29, 1.82) is 0 Å². The van der Waals surface area contributed by atoms with Crippen LogP contribution in [-0.4, -0.2) is 0 Å². The topological polar surface area (TPSA) is 0 Å². The van der Waals surface area contributed by atoms with Crippen molar-refractivity contribution in [3.63, 3.8) is 0 Å². The molecule has 0 nitrogen and oxygen atoms in total. The molecule has 0 atom stereocenters. The standard InChI is InChI=1S/C12HCl10PS4/c13-1-3(15)7(19)11(8(20)4(1)16)26-23(24,25)27-12-9(21)5(17)2(14)6(18)10(12)22/h(H,24,25). The first-order valence-corrected chi connectivity index (χ1v) is 16.6. The lowest BCUT2D eigenvalue weighted by Gasteiger charge is -2.20. The van der Waals surface area contributed by atoms with Crippen molar-refractivity contribution in [1.82, 2.24) is 0 Å². The summed E-state index contributed by atoms with van der Waals surface area (Å²) in [4.78, 5) is 0.670. The van der Waals surface area contributed by atoms with Crippen LogP contribution in [0.15, 0.2) is 9.79 Å². The minimum Gasteiger partial charge on any atom is -0.121 e. The molecule has 0 radical (unpaired) electrons. The zero-order valence-corrected chi connectivity index (χ0v) is 23.7. The molecular weight excluding hydrogens is 658 g/mol.